The number of rotatable bonds is 4. The van der Waals surface area contributed by atoms with Gasteiger partial charge in [0, 0.05) is 35.8 Å². The number of hydrogen-bond acceptors (Lipinski definition) is 5. The molecule has 0 N–H and O–H groups in total. The molecule has 0 atom stereocenters. The summed E-state index contributed by atoms with van der Waals surface area (Å²) in [7, 11) is 3.57. The number of nitrogens with zero attached hydrogens (tertiary/aromatic N) is 1. The van der Waals surface area contributed by atoms with Crippen LogP contribution in [0.15, 0.2) is 66.6 Å². The van der Waals surface area contributed by atoms with Crippen molar-refractivity contribution in [2.45, 2.75) is 13.8 Å². The van der Waals surface area contributed by atoms with Gasteiger partial charge in [-0.25, -0.2) is 4.79 Å². The van der Waals surface area contributed by atoms with Crippen molar-refractivity contribution in [3.8, 4) is 17.2 Å². The maximum Gasteiger partial charge on any atom is 0.343 e. The fourth-order valence-corrected chi connectivity index (χ4v) is 4.29. The third-order valence-electron chi connectivity index (χ3n) is 6.03. The van der Waals surface area contributed by atoms with Gasteiger partial charge in [-0.3, -0.25) is 4.79 Å². The summed E-state index contributed by atoms with van der Waals surface area (Å²) in [5, 5.41) is 0.950. The lowest BCUT2D eigenvalue weighted by atomic mass is 10.0. The van der Waals surface area contributed by atoms with Gasteiger partial charge in [-0.15, -0.1) is 0 Å². The molecule has 0 fully saturated rings. The molecule has 5 rings (SSSR count). The molecule has 3 aromatic carbocycles. The molecular weight excluding hydrogens is 430 g/mol. The van der Waals surface area contributed by atoms with Crippen molar-refractivity contribution in [1.29, 1.82) is 0 Å². The second kappa shape index (κ2) is 8.23. The fraction of sp³-hybridized carbons (Fsp3) is 0.143. The number of carbonyl (C=O) groups excluding carboxylic acids is 2. The number of Topliss-reactive ketones (excluding diaryl/α,β-unsaturated/α-hetero) is 1. The SMILES string of the molecule is COc1ccc2c(c1)c(/C=C1\Oc3cc(OC(=O)c4ccccc4C)cc(C)c3C1=O)cn2C. The van der Waals surface area contributed by atoms with E-state index in [4.69, 9.17) is 14.2 Å². The number of hydrogen-bond donors (Lipinski definition) is 0. The Morgan fingerprint density at radius 2 is 1.79 bits per heavy atom. The molecule has 0 saturated heterocycles. The average Bonchev–Trinajstić information content (AvgIpc) is 3.30. The molecule has 0 amide bonds. The topological polar surface area (TPSA) is 66.8 Å². The minimum atomic E-state index is -0.456. The second-order valence-electron chi connectivity index (χ2n) is 8.34. The van der Waals surface area contributed by atoms with Crippen molar-refractivity contribution < 1.29 is 23.8 Å². The first kappa shape index (κ1) is 21.5. The number of allylic oxidation sites excluding steroid dienone is 1. The van der Waals surface area contributed by atoms with Crippen molar-refractivity contribution in [3.05, 3.63) is 94.4 Å². The highest BCUT2D eigenvalue weighted by Gasteiger charge is 2.30. The van der Waals surface area contributed by atoms with E-state index in [1.165, 1.54) is 0 Å². The number of aryl methyl sites for hydroxylation is 3. The smallest absolute Gasteiger partial charge is 0.343 e. The molecule has 34 heavy (non-hydrogen) atoms. The monoisotopic (exact) mass is 453 g/mol. The average molecular weight is 453 g/mol. The van der Waals surface area contributed by atoms with Gasteiger partial charge in [0.1, 0.15) is 17.2 Å². The van der Waals surface area contributed by atoms with E-state index in [2.05, 4.69) is 0 Å². The van der Waals surface area contributed by atoms with E-state index in [9.17, 15) is 9.59 Å². The van der Waals surface area contributed by atoms with Crippen LogP contribution in [0.25, 0.3) is 17.0 Å². The molecule has 0 spiro atoms. The van der Waals surface area contributed by atoms with Crippen LogP contribution in [-0.2, 0) is 7.05 Å². The van der Waals surface area contributed by atoms with Gasteiger partial charge >= 0.3 is 5.97 Å². The van der Waals surface area contributed by atoms with E-state index in [-0.39, 0.29) is 11.5 Å². The first-order chi connectivity index (χ1) is 16.4. The van der Waals surface area contributed by atoms with Crippen LogP contribution in [0.5, 0.6) is 17.2 Å². The molecule has 4 aromatic rings. The van der Waals surface area contributed by atoms with Gasteiger partial charge in [0.2, 0.25) is 5.78 Å². The lowest BCUT2D eigenvalue weighted by molar-refractivity contribution is 0.0733. The molecule has 0 unspecified atom stereocenters. The van der Waals surface area contributed by atoms with Crippen molar-refractivity contribution in [2.75, 3.05) is 7.11 Å². The van der Waals surface area contributed by atoms with Crippen LogP contribution in [0.1, 0.15) is 37.4 Å². The summed E-state index contributed by atoms with van der Waals surface area (Å²) in [6.07, 6.45) is 3.68. The predicted octanol–water partition coefficient (Wildman–Crippen LogP) is 5.64. The highest BCUT2D eigenvalue weighted by Crippen LogP contribution is 2.38. The Bertz CT molecular complexity index is 1510. The molecule has 6 nitrogen and oxygen atoms in total. The summed E-state index contributed by atoms with van der Waals surface area (Å²) in [6, 6.07) is 16.3. The zero-order valence-electron chi connectivity index (χ0n) is 19.3. The third kappa shape index (κ3) is 3.63. The van der Waals surface area contributed by atoms with Gasteiger partial charge in [0.05, 0.1) is 18.2 Å². The van der Waals surface area contributed by atoms with Crippen LogP contribution < -0.4 is 14.2 Å². The number of methoxy groups -OCH3 is 1. The molecule has 1 aromatic heterocycles. The van der Waals surface area contributed by atoms with Crippen molar-refractivity contribution in [1.82, 2.24) is 4.57 Å². The summed E-state index contributed by atoms with van der Waals surface area (Å²) >= 11 is 0. The standard InChI is InChI=1S/C28H23NO5/c1-16-7-5-6-8-21(16)28(31)33-20-11-17(2)26-24(14-20)34-25(27(26)30)12-18-15-29(3)23-10-9-19(32-4)13-22(18)23/h5-15H,1-4H3/b25-12-. The van der Waals surface area contributed by atoms with Gasteiger partial charge in [-0.2, -0.15) is 0 Å². The van der Waals surface area contributed by atoms with Crippen LogP contribution in [-0.4, -0.2) is 23.4 Å². The molecular formula is C28H23NO5. The van der Waals surface area contributed by atoms with Gasteiger partial charge < -0.3 is 18.8 Å². The highest BCUT2D eigenvalue weighted by molar-refractivity contribution is 6.16. The molecule has 0 saturated carbocycles. The Morgan fingerprint density at radius 3 is 2.56 bits per heavy atom. The maximum atomic E-state index is 13.2. The number of aromatic nitrogens is 1. The molecule has 0 aliphatic carbocycles. The molecule has 1 aliphatic rings. The largest absolute Gasteiger partial charge is 0.497 e. The molecule has 0 bridgehead atoms. The number of ketones is 1. The number of esters is 1. The molecule has 0 radical (unpaired) electrons. The Balaban J connectivity index is 1.48. The Labute approximate surface area is 197 Å². The first-order valence-corrected chi connectivity index (χ1v) is 10.9. The summed E-state index contributed by atoms with van der Waals surface area (Å²) in [5.74, 6) is 0.994. The number of benzene rings is 3. The van der Waals surface area contributed by atoms with Gasteiger partial charge in [0.15, 0.2) is 5.76 Å². The molecule has 2 heterocycles. The highest BCUT2D eigenvalue weighted by atomic mass is 16.5. The van der Waals surface area contributed by atoms with Crippen LogP contribution in [0.4, 0.5) is 0 Å². The number of ether oxygens (including phenoxy) is 3. The van der Waals surface area contributed by atoms with E-state index in [0.29, 0.717) is 28.2 Å². The molecule has 170 valence electrons. The van der Waals surface area contributed by atoms with Crippen LogP contribution in [0, 0.1) is 13.8 Å². The van der Waals surface area contributed by atoms with Crippen LogP contribution >= 0.6 is 0 Å². The summed E-state index contributed by atoms with van der Waals surface area (Å²) < 4.78 is 18.9. The first-order valence-electron chi connectivity index (χ1n) is 10.9. The van der Waals surface area contributed by atoms with Crippen molar-refractivity contribution in [2.24, 2.45) is 7.05 Å². The third-order valence-corrected chi connectivity index (χ3v) is 6.03. The summed E-state index contributed by atoms with van der Waals surface area (Å²) in [5.41, 5.74) is 4.32. The van der Waals surface area contributed by atoms with Gasteiger partial charge in [-0.1, -0.05) is 18.2 Å². The minimum Gasteiger partial charge on any atom is -0.497 e. The maximum absolute atomic E-state index is 13.2. The Kier molecular flexibility index (Phi) is 5.21. The summed E-state index contributed by atoms with van der Waals surface area (Å²) in [6.45, 7) is 3.66. The van der Waals surface area contributed by atoms with E-state index < -0.39 is 5.97 Å². The minimum absolute atomic E-state index is 0.204. The Morgan fingerprint density at radius 1 is 1.00 bits per heavy atom. The van der Waals surface area contributed by atoms with Crippen LogP contribution in [0.2, 0.25) is 0 Å². The number of fused-ring (bicyclic) bond motifs is 2. The summed E-state index contributed by atoms with van der Waals surface area (Å²) in [4.78, 5) is 25.8. The van der Waals surface area contributed by atoms with Crippen molar-refractivity contribution >= 4 is 28.7 Å². The van der Waals surface area contributed by atoms with E-state index in [0.717, 1.165) is 27.8 Å². The van der Waals surface area contributed by atoms with Crippen LogP contribution in [0.3, 0.4) is 0 Å². The zero-order chi connectivity index (χ0) is 24.0. The number of carbonyl (C=O) groups is 2. The van der Waals surface area contributed by atoms with E-state index in [1.807, 2.05) is 55.1 Å². The quantitative estimate of drug-likeness (QED) is 0.227. The fourth-order valence-electron chi connectivity index (χ4n) is 4.29. The normalized spacial score (nSPS) is 13.8. The zero-order valence-corrected chi connectivity index (χ0v) is 19.3. The molecule has 1 aliphatic heterocycles. The lowest BCUT2D eigenvalue weighted by Crippen LogP contribution is -2.10. The predicted molar refractivity (Wildman–Crippen MR) is 130 cm³/mol. The lowest BCUT2D eigenvalue weighted by Gasteiger charge is -2.09. The van der Waals surface area contributed by atoms with E-state index >= 15 is 0 Å². The van der Waals surface area contributed by atoms with Crippen molar-refractivity contribution in [3.63, 3.8) is 0 Å². The molecule has 6 heteroatoms. The van der Waals surface area contributed by atoms with E-state index in [1.54, 1.807) is 44.4 Å². The van der Waals surface area contributed by atoms with Gasteiger partial charge in [-0.05, 0) is 61.4 Å². The Hall–Kier alpha value is -4.32. The second-order valence-corrected chi connectivity index (χ2v) is 8.34. The van der Waals surface area contributed by atoms with Gasteiger partial charge in [0.25, 0.3) is 0 Å².